The Kier molecular flexibility index (Phi) is 1.65. The fourth-order valence-corrected chi connectivity index (χ4v) is 2.02. The molecule has 1 aromatic rings. The van der Waals surface area contributed by atoms with Gasteiger partial charge in [-0.3, -0.25) is 4.79 Å². The first-order valence-corrected chi connectivity index (χ1v) is 5.13. The van der Waals surface area contributed by atoms with Crippen LogP contribution in [0.25, 0.3) is 0 Å². The number of aromatic hydroxyl groups is 1. The molecule has 0 bridgehead atoms. The van der Waals surface area contributed by atoms with Gasteiger partial charge in [-0.05, 0) is 25.0 Å². The summed E-state index contributed by atoms with van der Waals surface area (Å²) in [6.45, 7) is 0.433. The average Bonchev–Trinajstić information content (AvgIpc) is 2.98. The zero-order valence-electron chi connectivity index (χ0n) is 8.23. The Morgan fingerprint density at radius 2 is 2.20 bits per heavy atom. The van der Waals surface area contributed by atoms with Crippen molar-refractivity contribution in [1.29, 1.82) is 0 Å². The SMILES string of the molecule is O=C1CN(C2CC2)c2ccc(O)cc2N1. The number of benzene rings is 1. The Balaban J connectivity index is 2.05. The molecule has 0 aromatic heterocycles. The zero-order chi connectivity index (χ0) is 10.4. The van der Waals surface area contributed by atoms with Crippen molar-refractivity contribution in [2.45, 2.75) is 18.9 Å². The molecule has 4 nitrogen and oxygen atoms in total. The van der Waals surface area contributed by atoms with E-state index < -0.39 is 0 Å². The maximum absolute atomic E-state index is 11.4. The number of hydrogen-bond acceptors (Lipinski definition) is 3. The van der Waals surface area contributed by atoms with Crippen LogP contribution in [0.15, 0.2) is 18.2 Å². The summed E-state index contributed by atoms with van der Waals surface area (Å²) in [5, 5.41) is 12.1. The number of hydrogen-bond donors (Lipinski definition) is 2. The largest absolute Gasteiger partial charge is 0.508 e. The van der Waals surface area contributed by atoms with Crippen molar-refractivity contribution in [3.63, 3.8) is 0 Å². The molecule has 1 aliphatic carbocycles. The van der Waals surface area contributed by atoms with Crippen molar-refractivity contribution < 1.29 is 9.90 Å². The molecule has 0 spiro atoms. The van der Waals surface area contributed by atoms with Crippen LogP contribution in [-0.4, -0.2) is 23.6 Å². The van der Waals surface area contributed by atoms with Crippen molar-refractivity contribution in [3.05, 3.63) is 18.2 Å². The molecule has 0 atom stereocenters. The van der Waals surface area contributed by atoms with E-state index in [2.05, 4.69) is 10.2 Å². The number of carbonyl (C=O) groups is 1. The van der Waals surface area contributed by atoms with Gasteiger partial charge in [0.1, 0.15) is 5.75 Å². The van der Waals surface area contributed by atoms with Gasteiger partial charge in [0.05, 0.1) is 17.9 Å². The van der Waals surface area contributed by atoms with Crippen LogP contribution in [0.5, 0.6) is 5.75 Å². The minimum atomic E-state index is 0. The van der Waals surface area contributed by atoms with Crippen molar-refractivity contribution in [1.82, 2.24) is 0 Å². The molecule has 1 aromatic carbocycles. The Hall–Kier alpha value is -1.71. The van der Waals surface area contributed by atoms with Crippen LogP contribution in [0.2, 0.25) is 0 Å². The molecule has 3 rings (SSSR count). The van der Waals surface area contributed by atoms with E-state index in [-0.39, 0.29) is 11.7 Å². The molecule has 0 unspecified atom stereocenters. The lowest BCUT2D eigenvalue weighted by atomic mass is 10.2. The summed E-state index contributed by atoms with van der Waals surface area (Å²) < 4.78 is 0. The molecule has 2 aliphatic rings. The Morgan fingerprint density at radius 3 is 2.93 bits per heavy atom. The molecule has 1 heterocycles. The molecule has 2 N–H and O–H groups in total. The van der Waals surface area contributed by atoms with E-state index in [1.54, 1.807) is 12.1 Å². The Labute approximate surface area is 87.5 Å². The molecule has 4 heteroatoms. The van der Waals surface area contributed by atoms with Crippen LogP contribution in [0.4, 0.5) is 11.4 Å². The summed E-state index contributed by atoms with van der Waals surface area (Å²) in [4.78, 5) is 13.6. The average molecular weight is 204 g/mol. The van der Waals surface area contributed by atoms with E-state index in [1.807, 2.05) is 6.07 Å². The van der Waals surface area contributed by atoms with Crippen LogP contribution < -0.4 is 10.2 Å². The Bertz CT molecular complexity index is 427. The molecule has 0 saturated heterocycles. The molecular weight excluding hydrogens is 192 g/mol. The van der Waals surface area contributed by atoms with Crippen LogP contribution >= 0.6 is 0 Å². The van der Waals surface area contributed by atoms with Gasteiger partial charge in [0.2, 0.25) is 5.91 Å². The maximum Gasteiger partial charge on any atom is 0.243 e. The van der Waals surface area contributed by atoms with Gasteiger partial charge in [0, 0.05) is 12.1 Å². The van der Waals surface area contributed by atoms with E-state index in [0.717, 1.165) is 24.2 Å². The number of carbonyl (C=O) groups excluding carboxylic acids is 1. The van der Waals surface area contributed by atoms with Crippen molar-refractivity contribution in [2.24, 2.45) is 0 Å². The second kappa shape index (κ2) is 2.89. The lowest BCUT2D eigenvalue weighted by Gasteiger charge is -2.30. The van der Waals surface area contributed by atoms with Gasteiger partial charge in [0.15, 0.2) is 0 Å². The van der Waals surface area contributed by atoms with Gasteiger partial charge in [-0.15, -0.1) is 0 Å². The third-order valence-corrected chi connectivity index (χ3v) is 2.87. The van der Waals surface area contributed by atoms with Crippen LogP contribution in [0.3, 0.4) is 0 Å². The number of phenolic OH excluding ortho intramolecular Hbond substituents is 1. The van der Waals surface area contributed by atoms with Gasteiger partial charge >= 0.3 is 0 Å². The summed E-state index contributed by atoms with van der Waals surface area (Å²) in [6, 6.07) is 5.63. The van der Waals surface area contributed by atoms with E-state index >= 15 is 0 Å². The number of fused-ring (bicyclic) bond motifs is 1. The lowest BCUT2D eigenvalue weighted by Crippen LogP contribution is -2.39. The topological polar surface area (TPSA) is 52.6 Å². The van der Waals surface area contributed by atoms with Crippen molar-refractivity contribution in [2.75, 3.05) is 16.8 Å². The van der Waals surface area contributed by atoms with Gasteiger partial charge in [-0.25, -0.2) is 0 Å². The number of rotatable bonds is 1. The Morgan fingerprint density at radius 1 is 1.40 bits per heavy atom. The maximum atomic E-state index is 11.4. The summed E-state index contributed by atoms with van der Waals surface area (Å²) in [7, 11) is 0. The summed E-state index contributed by atoms with van der Waals surface area (Å²) in [5.74, 6) is 0.187. The highest BCUT2D eigenvalue weighted by atomic mass is 16.3. The van der Waals surface area contributed by atoms with Crippen molar-refractivity contribution in [3.8, 4) is 5.75 Å². The van der Waals surface area contributed by atoms with Gasteiger partial charge in [-0.2, -0.15) is 0 Å². The van der Waals surface area contributed by atoms with Gasteiger partial charge in [0.25, 0.3) is 0 Å². The molecule has 1 aliphatic heterocycles. The lowest BCUT2D eigenvalue weighted by molar-refractivity contribution is -0.115. The van der Waals surface area contributed by atoms with E-state index in [9.17, 15) is 9.90 Å². The van der Waals surface area contributed by atoms with Gasteiger partial charge < -0.3 is 15.3 Å². The van der Waals surface area contributed by atoms with Gasteiger partial charge in [-0.1, -0.05) is 0 Å². The standard InChI is InChI=1S/C11H12N2O2/c14-8-3-4-10-9(5-8)12-11(15)6-13(10)7-1-2-7/h3-5,7,14H,1-2,6H2,(H,12,15). The summed E-state index contributed by atoms with van der Waals surface area (Å²) >= 11 is 0. The zero-order valence-corrected chi connectivity index (χ0v) is 8.23. The van der Waals surface area contributed by atoms with Crippen LogP contribution in [-0.2, 0) is 4.79 Å². The summed E-state index contributed by atoms with van der Waals surface area (Å²) in [6.07, 6.45) is 2.32. The minimum Gasteiger partial charge on any atom is -0.508 e. The number of anilines is 2. The normalized spacial score (nSPS) is 19.7. The second-order valence-corrected chi connectivity index (χ2v) is 4.11. The fraction of sp³-hybridized carbons (Fsp3) is 0.364. The highest BCUT2D eigenvalue weighted by Crippen LogP contribution is 2.39. The number of phenols is 1. The quantitative estimate of drug-likeness (QED) is 0.725. The third kappa shape index (κ3) is 1.42. The first kappa shape index (κ1) is 8.59. The summed E-state index contributed by atoms with van der Waals surface area (Å²) in [5.41, 5.74) is 1.74. The molecule has 1 fully saturated rings. The first-order valence-electron chi connectivity index (χ1n) is 5.13. The smallest absolute Gasteiger partial charge is 0.243 e. The fourth-order valence-electron chi connectivity index (χ4n) is 2.02. The molecule has 78 valence electrons. The molecule has 1 amide bonds. The van der Waals surface area contributed by atoms with E-state index in [4.69, 9.17) is 0 Å². The minimum absolute atomic E-state index is 0. The number of nitrogens with one attached hydrogen (secondary N) is 1. The predicted octanol–water partition coefficient (Wildman–Crippen LogP) is 1.31. The molecular formula is C11H12N2O2. The number of nitrogens with zero attached hydrogens (tertiary/aromatic N) is 1. The highest BCUT2D eigenvalue weighted by Gasteiger charge is 2.34. The molecule has 15 heavy (non-hydrogen) atoms. The number of amides is 1. The van der Waals surface area contributed by atoms with Crippen molar-refractivity contribution >= 4 is 17.3 Å². The second-order valence-electron chi connectivity index (χ2n) is 4.11. The van der Waals surface area contributed by atoms with E-state index in [1.165, 1.54) is 0 Å². The first-order chi connectivity index (χ1) is 7.24. The monoisotopic (exact) mass is 204 g/mol. The van der Waals surface area contributed by atoms with Crippen LogP contribution in [0.1, 0.15) is 12.8 Å². The highest BCUT2D eigenvalue weighted by molar-refractivity contribution is 6.01. The van der Waals surface area contributed by atoms with E-state index in [0.29, 0.717) is 12.6 Å². The third-order valence-electron chi connectivity index (χ3n) is 2.87. The van der Waals surface area contributed by atoms with Crippen LogP contribution in [0, 0.1) is 0 Å². The molecule has 1 saturated carbocycles. The molecule has 0 radical (unpaired) electrons. The predicted molar refractivity (Wildman–Crippen MR) is 57.1 cm³/mol.